The van der Waals surface area contributed by atoms with Crippen LogP contribution in [0.3, 0.4) is 0 Å². The van der Waals surface area contributed by atoms with Gasteiger partial charge in [-0.05, 0) is 24.6 Å². The van der Waals surface area contributed by atoms with Crippen LogP contribution in [-0.4, -0.2) is 42.0 Å². The smallest absolute Gasteiger partial charge is 0.292 e. The molecule has 1 N–H and O–H groups in total. The Morgan fingerprint density at radius 2 is 2.12 bits per heavy atom. The minimum Gasteiger partial charge on any atom is -0.378 e. The van der Waals surface area contributed by atoms with E-state index in [1.54, 1.807) is 12.1 Å². The first-order valence-corrected chi connectivity index (χ1v) is 8.55. The van der Waals surface area contributed by atoms with Gasteiger partial charge in [0, 0.05) is 19.6 Å². The number of aromatic nitrogens is 2. The first-order chi connectivity index (χ1) is 12.6. The van der Waals surface area contributed by atoms with Crippen LogP contribution < -0.4 is 15.8 Å². The second-order valence-electron chi connectivity index (χ2n) is 5.98. The quantitative estimate of drug-likeness (QED) is 0.873. The fourth-order valence-electron chi connectivity index (χ4n) is 2.91. The van der Waals surface area contributed by atoms with Crippen LogP contribution in [-0.2, 0) is 22.5 Å². The number of amides is 1. The van der Waals surface area contributed by atoms with Crippen molar-refractivity contribution < 1.29 is 13.9 Å². The largest absolute Gasteiger partial charge is 0.378 e. The van der Waals surface area contributed by atoms with Crippen LogP contribution in [0.15, 0.2) is 35.3 Å². The van der Waals surface area contributed by atoms with Crippen LogP contribution in [0.25, 0.3) is 0 Å². The number of ether oxygens (including phenoxy) is 1. The zero-order chi connectivity index (χ0) is 18.5. The number of nitrogens with zero attached hydrogens (tertiary/aromatic N) is 3. The van der Waals surface area contributed by atoms with Gasteiger partial charge in [-0.15, -0.1) is 0 Å². The molecule has 0 aliphatic carbocycles. The van der Waals surface area contributed by atoms with Gasteiger partial charge in [0.1, 0.15) is 11.5 Å². The maximum Gasteiger partial charge on any atom is 0.292 e. The highest BCUT2D eigenvalue weighted by Gasteiger charge is 2.21. The molecule has 1 aromatic carbocycles. The van der Waals surface area contributed by atoms with Crippen molar-refractivity contribution in [3.05, 3.63) is 52.2 Å². The molecule has 1 amide bonds. The minimum atomic E-state index is -0.392. The first-order valence-electron chi connectivity index (χ1n) is 8.55. The molecule has 0 saturated carbocycles. The Balaban J connectivity index is 1.85. The predicted molar refractivity (Wildman–Crippen MR) is 95.9 cm³/mol. The summed E-state index contributed by atoms with van der Waals surface area (Å²) in [6.07, 6.45) is 1.50. The van der Waals surface area contributed by atoms with Gasteiger partial charge in [0.05, 0.1) is 31.5 Å². The van der Waals surface area contributed by atoms with Crippen molar-refractivity contribution in [2.75, 3.05) is 36.5 Å². The molecule has 1 aliphatic rings. The lowest BCUT2D eigenvalue weighted by atomic mass is 10.1. The Hall–Kier alpha value is -2.74. The predicted octanol–water partition coefficient (Wildman–Crippen LogP) is 1.42. The molecule has 2 heterocycles. The van der Waals surface area contributed by atoms with Gasteiger partial charge in [-0.1, -0.05) is 12.1 Å². The van der Waals surface area contributed by atoms with Crippen molar-refractivity contribution in [1.29, 1.82) is 0 Å². The van der Waals surface area contributed by atoms with Gasteiger partial charge < -0.3 is 15.0 Å². The zero-order valence-electron chi connectivity index (χ0n) is 14.6. The van der Waals surface area contributed by atoms with Crippen molar-refractivity contribution in [3.8, 4) is 0 Å². The van der Waals surface area contributed by atoms with E-state index < -0.39 is 5.82 Å². The van der Waals surface area contributed by atoms with Gasteiger partial charge in [-0.2, -0.15) is 5.10 Å². The molecular formula is C18H21FN4O3. The number of morpholine rings is 1. The van der Waals surface area contributed by atoms with Gasteiger partial charge in [0.15, 0.2) is 0 Å². The van der Waals surface area contributed by atoms with Crippen LogP contribution in [0.1, 0.15) is 12.5 Å². The lowest BCUT2D eigenvalue weighted by molar-refractivity contribution is -0.115. The second kappa shape index (κ2) is 8.09. The molecule has 0 spiro atoms. The molecule has 2 aromatic rings. The minimum absolute atomic E-state index is 0.0111. The number of halogens is 1. The van der Waals surface area contributed by atoms with Crippen LogP contribution in [0, 0.1) is 5.82 Å². The summed E-state index contributed by atoms with van der Waals surface area (Å²) in [4.78, 5) is 27.0. The third kappa shape index (κ3) is 4.08. The summed E-state index contributed by atoms with van der Waals surface area (Å²) >= 11 is 0. The Morgan fingerprint density at radius 1 is 1.35 bits per heavy atom. The number of carbonyl (C=O) groups excluding carboxylic acids is 1. The van der Waals surface area contributed by atoms with Crippen molar-refractivity contribution in [2.24, 2.45) is 0 Å². The first kappa shape index (κ1) is 18.1. The fraction of sp³-hybridized carbons (Fsp3) is 0.389. The number of benzene rings is 1. The van der Waals surface area contributed by atoms with Crippen LogP contribution in [0.5, 0.6) is 0 Å². The molecule has 0 bridgehead atoms. The van der Waals surface area contributed by atoms with Crippen molar-refractivity contribution >= 4 is 17.3 Å². The summed E-state index contributed by atoms with van der Waals surface area (Å²) in [5.41, 5.74) is 1.09. The van der Waals surface area contributed by atoms with E-state index in [1.165, 1.54) is 23.0 Å². The van der Waals surface area contributed by atoms with E-state index in [2.05, 4.69) is 10.4 Å². The number of rotatable bonds is 5. The molecule has 138 valence electrons. The fourth-order valence-corrected chi connectivity index (χ4v) is 2.91. The van der Waals surface area contributed by atoms with Crippen molar-refractivity contribution in [3.63, 3.8) is 0 Å². The van der Waals surface area contributed by atoms with E-state index >= 15 is 0 Å². The molecule has 1 saturated heterocycles. The number of aryl methyl sites for hydroxylation is 1. The second-order valence-corrected chi connectivity index (χ2v) is 5.98. The highest BCUT2D eigenvalue weighted by atomic mass is 19.1. The molecule has 0 atom stereocenters. The normalized spacial score (nSPS) is 14.3. The Bertz CT molecular complexity index is 847. The summed E-state index contributed by atoms with van der Waals surface area (Å²) in [5, 5.41) is 6.85. The summed E-state index contributed by atoms with van der Waals surface area (Å²) in [6, 6.07) is 5.88. The van der Waals surface area contributed by atoms with Crippen LogP contribution in [0.2, 0.25) is 0 Å². The lowest BCUT2D eigenvalue weighted by Crippen LogP contribution is -2.41. The van der Waals surface area contributed by atoms with E-state index in [0.29, 0.717) is 49.8 Å². The summed E-state index contributed by atoms with van der Waals surface area (Å²) < 4.78 is 20.0. The van der Waals surface area contributed by atoms with Gasteiger partial charge >= 0.3 is 0 Å². The van der Waals surface area contributed by atoms with Gasteiger partial charge in [-0.25, -0.2) is 9.07 Å². The zero-order valence-corrected chi connectivity index (χ0v) is 14.6. The molecule has 7 nitrogen and oxygen atoms in total. The average Bonchev–Trinajstić information content (AvgIpc) is 2.63. The monoisotopic (exact) mass is 360 g/mol. The third-order valence-electron chi connectivity index (χ3n) is 4.17. The molecule has 0 unspecified atom stereocenters. The summed E-state index contributed by atoms with van der Waals surface area (Å²) in [7, 11) is 0. The Labute approximate surface area is 150 Å². The highest BCUT2D eigenvalue weighted by molar-refractivity contribution is 5.95. The molecule has 8 heteroatoms. The molecule has 1 aromatic heterocycles. The molecule has 0 radical (unpaired) electrons. The maximum atomic E-state index is 13.3. The van der Waals surface area contributed by atoms with Crippen LogP contribution in [0.4, 0.5) is 15.8 Å². The van der Waals surface area contributed by atoms with E-state index in [4.69, 9.17) is 4.74 Å². The maximum absolute atomic E-state index is 13.3. The lowest BCUT2D eigenvalue weighted by Gasteiger charge is -2.29. The standard InChI is InChI=1S/C18H21FN4O3/c1-2-23-18(25)17(22-6-8-26-9-7-22)15(12-20-23)21-16(24)11-13-4-3-5-14(19)10-13/h3-5,10,12H,2,6-9,11H2,1H3,(H,21,24). The third-order valence-corrected chi connectivity index (χ3v) is 4.17. The van der Waals surface area contributed by atoms with Crippen LogP contribution >= 0.6 is 0 Å². The van der Waals surface area contributed by atoms with Crippen molar-refractivity contribution in [1.82, 2.24) is 9.78 Å². The number of carbonyl (C=O) groups is 1. The molecular weight excluding hydrogens is 339 g/mol. The topological polar surface area (TPSA) is 76.5 Å². The van der Waals surface area contributed by atoms with Crippen molar-refractivity contribution in [2.45, 2.75) is 19.9 Å². The summed E-state index contributed by atoms with van der Waals surface area (Å²) in [5.74, 6) is -0.725. The van der Waals surface area contributed by atoms with Gasteiger partial charge in [-0.3, -0.25) is 9.59 Å². The molecule has 1 fully saturated rings. The number of hydrogen-bond donors (Lipinski definition) is 1. The highest BCUT2D eigenvalue weighted by Crippen LogP contribution is 2.22. The van der Waals surface area contributed by atoms with E-state index in [-0.39, 0.29) is 17.9 Å². The van der Waals surface area contributed by atoms with E-state index in [1.807, 2.05) is 11.8 Å². The average molecular weight is 360 g/mol. The van der Waals surface area contributed by atoms with Gasteiger partial charge in [0.25, 0.3) is 5.56 Å². The van der Waals surface area contributed by atoms with E-state index in [9.17, 15) is 14.0 Å². The number of nitrogens with one attached hydrogen (secondary N) is 1. The number of anilines is 2. The van der Waals surface area contributed by atoms with E-state index in [0.717, 1.165) is 0 Å². The summed E-state index contributed by atoms with van der Waals surface area (Å²) in [6.45, 7) is 4.44. The molecule has 1 aliphatic heterocycles. The Kier molecular flexibility index (Phi) is 5.62. The van der Waals surface area contributed by atoms with Gasteiger partial charge in [0.2, 0.25) is 5.91 Å². The molecule has 3 rings (SSSR count). The molecule has 26 heavy (non-hydrogen) atoms. The SMILES string of the molecule is CCn1ncc(NC(=O)Cc2cccc(F)c2)c(N2CCOCC2)c1=O. The number of hydrogen-bond acceptors (Lipinski definition) is 5. The Morgan fingerprint density at radius 3 is 2.81 bits per heavy atom.